The number of benzene rings is 1. The summed E-state index contributed by atoms with van der Waals surface area (Å²) in [6.45, 7) is 6.58. The van der Waals surface area contributed by atoms with E-state index in [0.717, 1.165) is 24.2 Å². The van der Waals surface area contributed by atoms with Crippen LogP contribution in [0.5, 0.6) is 0 Å². The normalized spacial score (nSPS) is 11.9. The van der Waals surface area contributed by atoms with Crippen LogP contribution in [0.3, 0.4) is 0 Å². The molecule has 0 unspecified atom stereocenters. The largest absolute Gasteiger partial charge is 0.263 e. The van der Waals surface area contributed by atoms with Gasteiger partial charge in [-0.1, -0.05) is 153 Å². The van der Waals surface area contributed by atoms with Gasteiger partial charge in [0.2, 0.25) is 0 Å². The van der Waals surface area contributed by atoms with Crippen LogP contribution >= 0.6 is 0 Å². The molecule has 37 heavy (non-hydrogen) atoms. The van der Waals surface area contributed by atoms with Crippen molar-refractivity contribution in [2.45, 2.75) is 148 Å². The first-order valence-electron chi connectivity index (χ1n) is 15.4. The fourth-order valence-electron chi connectivity index (χ4n) is 5.28. The minimum Gasteiger partial charge on any atom is -0.263 e. The van der Waals surface area contributed by atoms with Crippen LogP contribution in [-0.4, -0.2) is 24.0 Å². The van der Waals surface area contributed by atoms with Gasteiger partial charge in [-0.3, -0.25) is 4.68 Å². The van der Waals surface area contributed by atoms with Crippen LogP contribution in [0.2, 0.25) is 0 Å². The average Bonchev–Trinajstić information content (AvgIpc) is 3.25. The summed E-state index contributed by atoms with van der Waals surface area (Å²) in [6, 6.07) is 9.85. The Hall–Kier alpha value is -1.62. The summed E-state index contributed by atoms with van der Waals surface area (Å²) >= 11 is 0. The third kappa shape index (κ3) is 11.8. The molecule has 0 saturated carbocycles. The van der Waals surface area contributed by atoms with Crippen LogP contribution in [0.1, 0.15) is 135 Å². The zero-order chi connectivity index (χ0) is 26.8. The average molecular weight is 531 g/mol. The zero-order valence-corrected chi connectivity index (χ0v) is 25.0. The lowest BCUT2D eigenvalue weighted by Gasteiger charge is -2.10. The van der Waals surface area contributed by atoms with E-state index in [1.807, 2.05) is 41.9 Å². The molecule has 0 fully saturated rings. The first kappa shape index (κ1) is 31.6. The molecule has 2 aromatic rings. The second-order valence-corrected chi connectivity index (χ2v) is 13.0. The number of aromatic nitrogens is 2. The number of sulfone groups is 1. The summed E-state index contributed by atoms with van der Waals surface area (Å²) in [5.41, 5.74) is 2.30. The van der Waals surface area contributed by atoms with Crippen molar-refractivity contribution in [2.24, 2.45) is 0 Å². The highest BCUT2D eigenvalue weighted by molar-refractivity contribution is 7.91. The Morgan fingerprint density at radius 1 is 0.649 bits per heavy atom. The van der Waals surface area contributed by atoms with E-state index in [2.05, 4.69) is 12.0 Å². The van der Waals surface area contributed by atoms with E-state index in [9.17, 15) is 8.42 Å². The third-order valence-corrected chi connectivity index (χ3v) is 9.41. The van der Waals surface area contributed by atoms with Crippen LogP contribution in [0.15, 0.2) is 35.2 Å². The Morgan fingerprint density at radius 3 is 1.51 bits per heavy atom. The Bertz CT molecular complexity index is 951. The summed E-state index contributed by atoms with van der Waals surface area (Å²) in [7, 11) is -3.33. The highest BCUT2D eigenvalue weighted by Crippen LogP contribution is 2.31. The van der Waals surface area contributed by atoms with E-state index in [1.54, 1.807) is 6.92 Å². The molecule has 2 rings (SSSR count). The van der Waals surface area contributed by atoms with Gasteiger partial charge in [-0.05, 0) is 13.3 Å². The second-order valence-electron chi connectivity index (χ2n) is 10.8. The molecule has 0 spiro atoms. The van der Waals surface area contributed by atoms with Crippen LogP contribution in [0.4, 0.5) is 0 Å². The smallest absolute Gasteiger partial charge is 0.182 e. The van der Waals surface area contributed by atoms with Crippen molar-refractivity contribution in [2.75, 3.05) is 5.75 Å². The van der Waals surface area contributed by atoms with E-state index >= 15 is 0 Å². The number of hydrogen-bond donors (Lipinski definition) is 0. The van der Waals surface area contributed by atoms with Gasteiger partial charge in [-0.15, -0.1) is 0 Å². The summed E-state index contributed by atoms with van der Waals surface area (Å²) in [6.07, 6.45) is 24.5. The number of aryl methyl sites for hydroxylation is 2. The SMILES string of the molecule is CCCCCCCCCCCCCCCCCCCCn1nc(C)c(S(=O)(=O)CC)c1-c1ccccc1. The second kappa shape index (κ2) is 18.6. The molecule has 0 bridgehead atoms. The summed E-state index contributed by atoms with van der Waals surface area (Å²) < 4.78 is 27.6. The molecule has 0 aliphatic carbocycles. The Labute approximate surface area is 228 Å². The Kier molecular flexibility index (Phi) is 15.9. The molecule has 0 aliphatic heterocycles. The lowest BCUT2D eigenvalue weighted by Crippen LogP contribution is -2.08. The molecule has 0 saturated heterocycles. The molecule has 5 heteroatoms. The minimum absolute atomic E-state index is 0.0958. The van der Waals surface area contributed by atoms with Crippen LogP contribution in [0.25, 0.3) is 11.3 Å². The van der Waals surface area contributed by atoms with E-state index < -0.39 is 9.84 Å². The van der Waals surface area contributed by atoms with Gasteiger partial charge in [0.15, 0.2) is 9.84 Å². The number of hydrogen-bond acceptors (Lipinski definition) is 3. The molecule has 1 aromatic carbocycles. The van der Waals surface area contributed by atoms with Crippen molar-refractivity contribution < 1.29 is 8.42 Å². The van der Waals surface area contributed by atoms with Crippen molar-refractivity contribution in [1.82, 2.24) is 9.78 Å². The first-order chi connectivity index (χ1) is 18.0. The maximum Gasteiger partial charge on any atom is 0.182 e. The molecule has 0 atom stereocenters. The number of nitrogens with zero attached hydrogens (tertiary/aromatic N) is 2. The third-order valence-electron chi connectivity index (χ3n) is 7.53. The standard InChI is InChI=1S/C32H54N2O2S/c1-4-6-7-8-9-10-11-12-13-14-15-16-17-18-19-20-21-25-28-34-31(30-26-23-22-24-27-30)32(29(3)33-34)37(35,36)5-2/h22-24,26-27H,4-21,25,28H2,1-3H3. The van der Waals surface area contributed by atoms with E-state index in [4.69, 9.17) is 0 Å². The monoisotopic (exact) mass is 530 g/mol. The summed E-state index contributed by atoms with van der Waals surface area (Å²) in [5, 5.41) is 4.65. The highest BCUT2D eigenvalue weighted by atomic mass is 32.2. The predicted octanol–water partition coefficient (Wildman–Crippen LogP) is 9.69. The molecule has 0 N–H and O–H groups in total. The Morgan fingerprint density at radius 2 is 1.08 bits per heavy atom. The van der Waals surface area contributed by atoms with Crippen LogP contribution in [-0.2, 0) is 16.4 Å². The molecule has 4 nitrogen and oxygen atoms in total. The first-order valence-corrected chi connectivity index (χ1v) is 17.0. The molecule has 1 heterocycles. The fourth-order valence-corrected chi connectivity index (χ4v) is 6.58. The topological polar surface area (TPSA) is 52.0 Å². The van der Waals surface area contributed by atoms with Gasteiger partial charge in [0.05, 0.1) is 17.1 Å². The van der Waals surface area contributed by atoms with E-state index in [0.29, 0.717) is 10.6 Å². The molecular formula is C32H54N2O2S. The predicted molar refractivity (Wildman–Crippen MR) is 159 cm³/mol. The summed E-state index contributed by atoms with van der Waals surface area (Å²) in [5.74, 6) is 0.0958. The molecular weight excluding hydrogens is 476 g/mol. The molecule has 0 aliphatic rings. The maximum atomic E-state index is 12.8. The van der Waals surface area contributed by atoms with Crippen molar-refractivity contribution >= 4 is 9.84 Å². The van der Waals surface area contributed by atoms with E-state index in [-0.39, 0.29) is 5.75 Å². The molecule has 1 aromatic heterocycles. The number of unbranched alkanes of at least 4 members (excludes halogenated alkanes) is 17. The van der Waals surface area contributed by atoms with Gasteiger partial charge in [-0.25, -0.2) is 8.42 Å². The van der Waals surface area contributed by atoms with E-state index in [1.165, 1.54) is 109 Å². The van der Waals surface area contributed by atoms with Crippen molar-refractivity contribution in [1.29, 1.82) is 0 Å². The quantitative estimate of drug-likeness (QED) is 0.142. The lowest BCUT2D eigenvalue weighted by atomic mass is 10.0. The van der Waals surface area contributed by atoms with Gasteiger partial charge in [0, 0.05) is 12.1 Å². The van der Waals surface area contributed by atoms with Crippen molar-refractivity contribution in [3.05, 3.63) is 36.0 Å². The zero-order valence-electron chi connectivity index (χ0n) is 24.1. The molecule has 0 radical (unpaired) electrons. The van der Waals surface area contributed by atoms with Gasteiger partial charge >= 0.3 is 0 Å². The van der Waals surface area contributed by atoms with Crippen molar-refractivity contribution in [3.8, 4) is 11.3 Å². The fraction of sp³-hybridized carbons (Fsp3) is 0.719. The van der Waals surface area contributed by atoms with Gasteiger partial charge in [0.25, 0.3) is 0 Å². The van der Waals surface area contributed by atoms with Gasteiger partial charge in [0.1, 0.15) is 4.90 Å². The Balaban J connectivity index is 1.58. The van der Waals surface area contributed by atoms with Gasteiger partial charge < -0.3 is 0 Å². The molecule has 210 valence electrons. The highest BCUT2D eigenvalue weighted by Gasteiger charge is 2.26. The van der Waals surface area contributed by atoms with Gasteiger partial charge in [-0.2, -0.15) is 5.10 Å². The van der Waals surface area contributed by atoms with Crippen molar-refractivity contribution in [3.63, 3.8) is 0 Å². The minimum atomic E-state index is -3.33. The summed E-state index contributed by atoms with van der Waals surface area (Å²) in [4.78, 5) is 0.406. The van der Waals surface area contributed by atoms with Crippen LogP contribution < -0.4 is 0 Å². The lowest BCUT2D eigenvalue weighted by molar-refractivity contribution is 0.509. The maximum absolute atomic E-state index is 12.8. The number of rotatable bonds is 22. The van der Waals surface area contributed by atoms with Crippen LogP contribution in [0, 0.1) is 6.92 Å². The molecule has 0 amide bonds.